The highest BCUT2D eigenvalue weighted by Gasteiger charge is 2.21. The van der Waals surface area contributed by atoms with Gasteiger partial charge in [0, 0.05) is 16.8 Å². The first-order valence-corrected chi connectivity index (χ1v) is 11.8. The van der Waals surface area contributed by atoms with Crippen LogP contribution >= 0.6 is 0 Å². The number of ether oxygens (including phenoxy) is 1. The number of nitrogens with one attached hydrogen (secondary N) is 1. The Hall–Kier alpha value is -5.91. The van der Waals surface area contributed by atoms with Gasteiger partial charge in [0.25, 0.3) is 11.6 Å². The molecule has 12 heteroatoms. The van der Waals surface area contributed by atoms with E-state index < -0.39 is 27.1 Å². The van der Waals surface area contributed by atoms with Crippen LogP contribution in [0.2, 0.25) is 0 Å². The van der Waals surface area contributed by atoms with Crippen LogP contribution in [0, 0.1) is 20.2 Å². The number of aromatic nitrogens is 1. The number of para-hydroxylation sites is 2. The van der Waals surface area contributed by atoms with Crippen LogP contribution in [0.4, 0.5) is 11.4 Å². The minimum absolute atomic E-state index is 0.0700. The van der Waals surface area contributed by atoms with E-state index in [1.165, 1.54) is 18.3 Å². The van der Waals surface area contributed by atoms with Crippen LogP contribution in [0.5, 0.6) is 11.5 Å². The van der Waals surface area contributed by atoms with Crippen molar-refractivity contribution in [3.8, 4) is 11.5 Å². The summed E-state index contributed by atoms with van der Waals surface area (Å²) in [4.78, 5) is 46.3. The summed E-state index contributed by atoms with van der Waals surface area (Å²) in [6.07, 6.45) is 1.41. The molecule has 0 aliphatic rings. The van der Waals surface area contributed by atoms with Crippen LogP contribution in [0.3, 0.4) is 0 Å². The highest BCUT2D eigenvalue weighted by molar-refractivity contribution is 5.95. The Morgan fingerprint density at radius 1 is 0.875 bits per heavy atom. The Kier molecular flexibility index (Phi) is 6.97. The average Bonchev–Trinajstić information content (AvgIpc) is 2.96. The van der Waals surface area contributed by atoms with Crippen LogP contribution in [0.25, 0.3) is 21.8 Å². The van der Waals surface area contributed by atoms with Crippen molar-refractivity contribution in [3.63, 3.8) is 0 Å². The Labute approximate surface area is 225 Å². The maximum Gasteiger partial charge on any atom is 0.318 e. The third-order valence-electron chi connectivity index (χ3n) is 6.04. The molecule has 1 heterocycles. The first kappa shape index (κ1) is 25.7. The summed E-state index contributed by atoms with van der Waals surface area (Å²) in [5, 5.41) is 27.2. The standard InChI is InChI=1S/C28H19N5O7/c34-27(17-31-23-7-3-1-5-21(23)28(35)22-6-2-4-8-24(22)31)30-29-16-18-9-12-20(13-10-18)40-26-14-11-19(32(36)37)15-25(26)33(38)39/h1-16H,17H2,(H,30,34). The molecule has 0 saturated heterocycles. The summed E-state index contributed by atoms with van der Waals surface area (Å²) in [6.45, 7) is -0.0700. The third kappa shape index (κ3) is 5.22. The molecule has 198 valence electrons. The highest BCUT2D eigenvalue weighted by Crippen LogP contribution is 2.34. The lowest BCUT2D eigenvalue weighted by molar-refractivity contribution is -0.394. The number of carbonyl (C=O) groups excluding carboxylic acids is 1. The minimum atomic E-state index is -0.759. The molecule has 1 amide bonds. The summed E-state index contributed by atoms with van der Waals surface area (Å²) in [5.74, 6) is -0.289. The molecule has 0 aliphatic carbocycles. The quantitative estimate of drug-likeness (QED) is 0.127. The molecule has 12 nitrogen and oxygen atoms in total. The average molecular weight is 537 g/mol. The molecule has 5 rings (SSSR count). The number of carbonyl (C=O) groups is 1. The number of pyridine rings is 1. The number of nitro groups is 2. The van der Waals surface area contributed by atoms with Gasteiger partial charge in [-0.05, 0) is 60.2 Å². The number of nitrogens with zero attached hydrogens (tertiary/aromatic N) is 4. The number of fused-ring (bicyclic) bond motifs is 2. The van der Waals surface area contributed by atoms with Gasteiger partial charge in [0.15, 0.2) is 5.43 Å². The summed E-state index contributed by atoms with van der Waals surface area (Å²) in [6, 6.07) is 23.6. The molecular weight excluding hydrogens is 518 g/mol. The second-order valence-electron chi connectivity index (χ2n) is 8.58. The van der Waals surface area contributed by atoms with Crippen molar-refractivity contribution in [2.75, 3.05) is 0 Å². The van der Waals surface area contributed by atoms with Gasteiger partial charge < -0.3 is 9.30 Å². The number of nitro benzene ring substituents is 2. The molecule has 0 saturated carbocycles. The lowest BCUT2D eigenvalue weighted by Crippen LogP contribution is -2.25. The number of hydrogen-bond acceptors (Lipinski definition) is 8. The van der Waals surface area contributed by atoms with Crippen molar-refractivity contribution in [2.24, 2.45) is 5.10 Å². The molecule has 1 aromatic heterocycles. The van der Waals surface area contributed by atoms with E-state index in [1.807, 2.05) is 0 Å². The molecule has 0 spiro atoms. The van der Waals surface area contributed by atoms with Gasteiger partial charge in [0.2, 0.25) is 5.75 Å². The number of hydrazone groups is 1. The first-order valence-electron chi connectivity index (χ1n) is 11.8. The van der Waals surface area contributed by atoms with Crippen LogP contribution in [-0.4, -0.2) is 26.5 Å². The van der Waals surface area contributed by atoms with E-state index in [9.17, 15) is 29.8 Å². The molecular formula is C28H19N5O7. The van der Waals surface area contributed by atoms with Crippen molar-refractivity contribution in [2.45, 2.75) is 6.54 Å². The lowest BCUT2D eigenvalue weighted by atomic mass is 10.1. The number of rotatable bonds is 8. The van der Waals surface area contributed by atoms with Gasteiger partial charge in [-0.25, -0.2) is 5.43 Å². The maximum atomic E-state index is 12.9. The van der Waals surface area contributed by atoms with Crippen LogP contribution in [0.15, 0.2) is 101 Å². The van der Waals surface area contributed by atoms with Gasteiger partial charge in [-0.3, -0.25) is 29.8 Å². The van der Waals surface area contributed by atoms with Gasteiger partial charge in [-0.15, -0.1) is 0 Å². The van der Waals surface area contributed by atoms with Crippen molar-refractivity contribution in [3.05, 3.63) is 127 Å². The Morgan fingerprint density at radius 2 is 1.50 bits per heavy atom. The number of amides is 1. The second-order valence-corrected chi connectivity index (χ2v) is 8.58. The third-order valence-corrected chi connectivity index (χ3v) is 6.04. The van der Waals surface area contributed by atoms with Gasteiger partial charge in [0.1, 0.15) is 12.3 Å². The van der Waals surface area contributed by atoms with Crippen LogP contribution in [0.1, 0.15) is 5.56 Å². The zero-order valence-electron chi connectivity index (χ0n) is 20.6. The molecule has 0 atom stereocenters. The van der Waals surface area contributed by atoms with Crippen molar-refractivity contribution < 1.29 is 19.4 Å². The summed E-state index contributed by atoms with van der Waals surface area (Å²) >= 11 is 0. The predicted octanol–water partition coefficient (Wildman–Crippen LogP) is 4.91. The Morgan fingerprint density at radius 3 is 2.10 bits per heavy atom. The van der Waals surface area contributed by atoms with E-state index in [4.69, 9.17) is 4.74 Å². The molecule has 0 unspecified atom stereocenters. The fourth-order valence-electron chi connectivity index (χ4n) is 4.20. The number of benzene rings is 4. The maximum absolute atomic E-state index is 12.9. The monoisotopic (exact) mass is 537 g/mol. The molecule has 0 fully saturated rings. The highest BCUT2D eigenvalue weighted by atomic mass is 16.6. The fraction of sp³-hybridized carbons (Fsp3) is 0.0357. The van der Waals surface area contributed by atoms with E-state index in [0.717, 1.165) is 18.2 Å². The summed E-state index contributed by atoms with van der Waals surface area (Å²) < 4.78 is 7.31. The second kappa shape index (κ2) is 10.8. The largest absolute Gasteiger partial charge is 0.450 e. The molecule has 5 aromatic rings. The van der Waals surface area contributed by atoms with Gasteiger partial charge in [-0.2, -0.15) is 5.10 Å². The van der Waals surface area contributed by atoms with Gasteiger partial charge in [-0.1, -0.05) is 24.3 Å². The lowest BCUT2D eigenvalue weighted by Gasteiger charge is -2.14. The van der Waals surface area contributed by atoms with E-state index in [0.29, 0.717) is 27.4 Å². The van der Waals surface area contributed by atoms with E-state index in [-0.39, 0.29) is 23.5 Å². The molecule has 1 N–H and O–H groups in total. The number of hydrogen-bond donors (Lipinski definition) is 1. The van der Waals surface area contributed by atoms with Crippen molar-refractivity contribution >= 4 is 45.3 Å². The van der Waals surface area contributed by atoms with Crippen molar-refractivity contribution in [1.29, 1.82) is 0 Å². The Balaban J connectivity index is 1.28. The first-order chi connectivity index (χ1) is 19.3. The van der Waals surface area contributed by atoms with Crippen LogP contribution < -0.4 is 15.6 Å². The predicted molar refractivity (Wildman–Crippen MR) is 148 cm³/mol. The summed E-state index contributed by atoms with van der Waals surface area (Å²) in [7, 11) is 0. The molecule has 4 aromatic carbocycles. The van der Waals surface area contributed by atoms with Crippen molar-refractivity contribution in [1.82, 2.24) is 9.99 Å². The minimum Gasteiger partial charge on any atom is -0.450 e. The normalized spacial score (nSPS) is 11.1. The zero-order valence-corrected chi connectivity index (χ0v) is 20.6. The summed E-state index contributed by atoms with van der Waals surface area (Å²) in [5.41, 5.74) is 3.29. The molecule has 0 bridgehead atoms. The van der Waals surface area contributed by atoms with Crippen LogP contribution in [-0.2, 0) is 11.3 Å². The van der Waals surface area contributed by atoms with E-state index in [1.54, 1.807) is 65.2 Å². The SMILES string of the molecule is O=C(Cn1c2ccccc2c(=O)c2ccccc21)NN=Cc1ccc(Oc2ccc([N+](=O)[O-])cc2[N+](=O)[O-])cc1. The topological polar surface area (TPSA) is 159 Å². The van der Waals surface area contributed by atoms with E-state index >= 15 is 0 Å². The van der Waals surface area contributed by atoms with E-state index in [2.05, 4.69) is 10.5 Å². The van der Waals surface area contributed by atoms with Gasteiger partial charge >= 0.3 is 5.69 Å². The molecule has 0 radical (unpaired) electrons. The molecule has 0 aliphatic heterocycles. The smallest absolute Gasteiger partial charge is 0.318 e. The molecule has 40 heavy (non-hydrogen) atoms. The number of non-ortho nitro benzene ring substituents is 1. The van der Waals surface area contributed by atoms with Gasteiger partial charge in [0.05, 0.1) is 33.2 Å². The zero-order chi connectivity index (χ0) is 28.2. The Bertz CT molecular complexity index is 1820. The fourth-order valence-corrected chi connectivity index (χ4v) is 4.20.